The zero-order chi connectivity index (χ0) is 23.8. The Morgan fingerprint density at radius 1 is 0.914 bits per heavy atom. The summed E-state index contributed by atoms with van der Waals surface area (Å²) >= 11 is 0. The standard InChI is InChI=1S/C28H36N6O/c1-31-14-7-5-12-22(18-21-10-3-2-4-11-21)28(35)33-17-8-6-13-24(33)23-19-26-29-25(32-15-9-16-32)20-27(31)34(26)30-23/h2-4,10-11,19-20,22,24H,5-9,12-18H2,1H3. The van der Waals surface area contributed by atoms with E-state index in [4.69, 9.17) is 10.1 Å². The lowest BCUT2D eigenvalue weighted by Crippen LogP contribution is -2.42. The van der Waals surface area contributed by atoms with Gasteiger partial charge in [-0.2, -0.15) is 9.61 Å². The van der Waals surface area contributed by atoms with Crippen molar-refractivity contribution in [2.45, 2.75) is 57.4 Å². The second kappa shape index (κ2) is 9.51. The quantitative estimate of drug-likeness (QED) is 0.563. The Kier molecular flexibility index (Phi) is 6.08. The van der Waals surface area contributed by atoms with Crippen molar-refractivity contribution in [3.63, 3.8) is 0 Å². The third kappa shape index (κ3) is 4.37. The summed E-state index contributed by atoms with van der Waals surface area (Å²) < 4.78 is 2.01. The van der Waals surface area contributed by atoms with E-state index >= 15 is 0 Å². The number of piperidine rings is 1. The van der Waals surface area contributed by atoms with Crippen LogP contribution < -0.4 is 9.80 Å². The fourth-order valence-corrected chi connectivity index (χ4v) is 5.91. The minimum absolute atomic E-state index is 0.0181. The first-order valence-electron chi connectivity index (χ1n) is 13.4. The van der Waals surface area contributed by atoms with Gasteiger partial charge in [0.05, 0.1) is 11.7 Å². The van der Waals surface area contributed by atoms with Gasteiger partial charge in [0.25, 0.3) is 0 Å². The van der Waals surface area contributed by atoms with E-state index in [0.29, 0.717) is 5.91 Å². The molecule has 0 aliphatic carbocycles. The SMILES string of the molecule is CN1CCCCC(Cc2ccccc2)C(=O)N2CCCCC2c2cc3nc(N4CCC4)cc1n3n2. The van der Waals surface area contributed by atoms with Crippen molar-refractivity contribution < 1.29 is 4.79 Å². The molecule has 6 rings (SSSR count). The molecule has 0 radical (unpaired) electrons. The summed E-state index contributed by atoms with van der Waals surface area (Å²) in [5.74, 6) is 2.46. The van der Waals surface area contributed by atoms with E-state index in [1.807, 2.05) is 10.6 Å². The van der Waals surface area contributed by atoms with Crippen LogP contribution in [0.1, 0.15) is 62.2 Å². The summed E-state index contributed by atoms with van der Waals surface area (Å²) in [4.78, 5) is 25.8. The largest absolute Gasteiger partial charge is 0.359 e. The number of hydrogen-bond acceptors (Lipinski definition) is 5. The van der Waals surface area contributed by atoms with Gasteiger partial charge in [-0.3, -0.25) is 4.79 Å². The number of amides is 1. The first kappa shape index (κ1) is 22.4. The van der Waals surface area contributed by atoms with E-state index < -0.39 is 0 Å². The molecule has 1 amide bonds. The molecular weight excluding hydrogens is 436 g/mol. The number of carbonyl (C=O) groups excluding carboxylic acids is 1. The Balaban J connectivity index is 1.39. The average molecular weight is 473 g/mol. The molecule has 184 valence electrons. The van der Waals surface area contributed by atoms with Gasteiger partial charge in [-0.1, -0.05) is 36.8 Å². The highest BCUT2D eigenvalue weighted by molar-refractivity contribution is 5.80. The highest BCUT2D eigenvalue weighted by Crippen LogP contribution is 2.35. The van der Waals surface area contributed by atoms with E-state index in [9.17, 15) is 4.79 Å². The second-order valence-electron chi connectivity index (χ2n) is 10.5. The third-order valence-electron chi connectivity index (χ3n) is 8.08. The van der Waals surface area contributed by atoms with Crippen molar-refractivity contribution in [3.8, 4) is 0 Å². The fourth-order valence-electron chi connectivity index (χ4n) is 5.91. The molecule has 2 saturated heterocycles. The van der Waals surface area contributed by atoms with Crippen molar-refractivity contribution >= 4 is 23.2 Å². The highest BCUT2D eigenvalue weighted by Gasteiger charge is 2.34. The number of carbonyl (C=O) groups is 1. The van der Waals surface area contributed by atoms with E-state index in [-0.39, 0.29) is 12.0 Å². The normalized spacial score (nSPS) is 23.5. The maximum Gasteiger partial charge on any atom is 0.226 e. The summed E-state index contributed by atoms with van der Waals surface area (Å²) in [7, 11) is 2.16. The molecule has 2 bridgehead atoms. The number of aromatic nitrogens is 3. The molecular formula is C28H36N6O. The Hall–Kier alpha value is -3.09. The van der Waals surface area contributed by atoms with Crippen molar-refractivity contribution in [1.82, 2.24) is 19.5 Å². The number of rotatable bonds is 3. The minimum Gasteiger partial charge on any atom is -0.359 e. The molecule has 2 atom stereocenters. The summed E-state index contributed by atoms with van der Waals surface area (Å²) in [6.07, 6.45) is 8.24. The van der Waals surface area contributed by atoms with Crippen LogP contribution in [0.3, 0.4) is 0 Å². The number of fused-ring (bicyclic) bond motifs is 3. The molecule has 2 aromatic heterocycles. The highest BCUT2D eigenvalue weighted by atomic mass is 16.2. The Bertz CT molecular complexity index is 1190. The molecule has 2 unspecified atom stereocenters. The fraction of sp³-hybridized carbons (Fsp3) is 0.536. The maximum absolute atomic E-state index is 14.0. The molecule has 0 spiro atoms. The molecule has 0 saturated carbocycles. The van der Waals surface area contributed by atoms with Gasteiger partial charge in [-0.25, -0.2) is 4.98 Å². The number of benzene rings is 1. The predicted molar refractivity (Wildman–Crippen MR) is 139 cm³/mol. The Labute approximate surface area is 207 Å². The lowest BCUT2D eigenvalue weighted by atomic mass is 9.90. The molecule has 0 N–H and O–H groups in total. The van der Waals surface area contributed by atoms with Gasteiger partial charge in [0.15, 0.2) is 5.65 Å². The van der Waals surface area contributed by atoms with E-state index in [1.54, 1.807) is 0 Å². The number of nitrogens with zero attached hydrogens (tertiary/aromatic N) is 6. The second-order valence-corrected chi connectivity index (χ2v) is 10.5. The summed E-state index contributed by atoms with van der Waals surface area (Å²) in [6.45, 7) is 3.90. The Morgan fingerprint density at radius 2 is 1.71 bits per heavy atom. The van der Waals surface area contributed by atoms with Crippen LogP contribution in [0.2, 0.25) is 0 Å². The van der Waals surface area contributed by atoms with Gasteiger partial charge in [0, 0.05) is 51.3 Å². The molecule has 35 heavy (non-hydrogen) atoms. The number of hydrogen-bond donors (Lipinski definition) is 0. The van der Waals surface area contributed by atoms with E-state index in [1.165, 1.54) is 12.0 Å². The van der Waals surface area contributed by atoms with Crippen LogP contribution in [0.15, 0.2) is 42.5 Å². The van der Waals surface area contributed by atoms with Crippen LogP contribution in [0.5, 0.6) is 0 Å². The molecule has 2 fully saturated rings. The van der Waals surface area contributed by atoms with Crippen molar-refractivity contribution in [2.24, 2.45) is 5.92 Å². The lowest BCUT2D eigenvalue weighted by Gasteiger charge is -2.37. The van der Waals surface area contributed by atoms with Crippen LogP contribution in [0.25, 0.3) is 5.65 Å². The zero-order valence-corrected chi connectivity index (χ0v) is 20.8. The maximum atomic E-state index is 14.0. The molecule has 3 aliphatic rings. The molecule has 1 aromatic carbocycles. The molecule has 3 aromatic rings. The topological polar surface area (TPSA) is 57.0 Å². The van der Waals surface area contributed by atoms with Crippen LogP contribution in [0, 0.1) is 5.92 Å². The van der Waals surface area contributed by atoms with Crippen molar-refractivity contribution in [3.05, 3.63) is 53.7 Å². The van der Waals surface area contributed by atoms with E-state index in [2.05, 4.69) is 58.1 Å². The van der Waals surface area contributed by atoms with Crippen LogP contribution in [-0.2, 0) is 11.2 Å². The van der Waals surface area contributed by atoms with Gasteiger partial charge in [-0.05, 0) is 50.5 Å². The van der Waals surface area contributed by atoms with Gasteiger partial charge in [0.2, 0.25) is 5.91 Å². The first-order chi connectivity index (χ1) is 17.2. The molecule has 3 aliphatic heterocycles. The monoisotopic (exact) mass is 472 g/mol. The average Bonchev–Trinajstić information content (AvgIpc) is 3.28. The van der Waals surface area contributed by atoms with Crippen LogP contribution in [0.4, 0.5) is 11.6 Å². The van der Waals surface area contributed by atoms with E-state index in [0.717, 1.165) is 94.1 Å². The van der Waals surface area contributed by atoms with Crippen LogP contribution in [-0.4, -0.2) is 58.6 Å². The molecule has 7 nitrogen and oxygen atoms in total. The van der Waals surface area contributed by atoms with Gasteiger partial charge < -0.3 is 14.7 Å². The summed E-state index contributed by atoms with van der Waals surface area (Å²) in [5.41, 5.74) is 3.13. The summed E-state index contributed by atoms with van der Waals surface area (Å²) in [5, 5.41) is 5.08. The van der Waals surface area contributed by atoms with Gasteiger partial charge >= 0.3 is 0 Å². The predicted octanol–water partition coefficient (Wildman–Crippen LogP) is 4.47. The minimum atomic E-state index is 0.0181. The summed E-state index contributed by atoms with van der Waals surface area (Å²) in [6, 6.07) is 14.9. The van der Waals surface area contributed by atoms with Gasteiger partial charge in [0.1, 0.15) is 11.6 Å². The third-order valence-corrected chi connectivity index (χ3v) is 8.08. The van der Waals surface area contributed by atoms with Crippen molar-refractivity contribution in [2.75, 3.05) is 43.0 Å². The van der Waals surface area contributed by atoms with Gasteiger partial charge in [-0.15, -0.1) is 0 Å². The van der Waals surface area contributed by atoms with Crippen LogP contribution >= 0.6 is 0 Å². The molecule has 5 heterocycles. The lowest BCUT2D eigenvalue weighted by molar-refractivity contribution is -0.140. The zero-order valence-electron chi connectivity index (χ0n) is 20.8. The molecule has 7 heteroatoms. The van der Waals surface area contributed by atoms with Crippen molar-refractivity contribution in [1.29, 1.82) is 0 Å². The smallest absolute Gasteiger partial charge is 0.226 e. The first-order valence-corrected chi connectivity index (χ1v) is 13.4. The Morgan fingerprint density at radius 3 is 2.51 bits per heavy atom. The number of anilines is 2.